The van der Waals surface area contributed by atoms with Gasteiger partial charge in [-0.3, -0.25) is 9.00 Å². The highest BCUT2D eigenvalue weighted by Gasteiger charge is 2.29. The second-order valence-corrected chi connectivity index (χ2v) is 10.2. The average molecular weight is 454 g/mol. The van der Waals surface area contributed by atoms with Crippen molar-refractivity contribution >= 4 is 50.1 Å². The number of nitrogens with zero attached hydrogens (tertiary/aromatic N) is 3. The summed E-state index contributed by atoms with van der Waals surface area (Å²) in [5.74, 6) is 1.32. The molecule has 1 aromatic heterocycles. The maximum absolute atomic E-state index is 12.7. The zero-order chi connectivity index (χ0) is 21.5. The quantitative estimate of drug-likeness (QED) is 0.554. The first-order valence-corrected chi connectivity index (χ1v) is 12.3. The Bertz CT molecular complexity index is 1200. The van der Waals surface area contributed by atoms with Gasteiger partial charge in [0.25, 0.3) is 0 Å². The summed E-state index contributed by atoms with van der Waals surface area (Å²) in [6.45, 7) is 4.85. The molecule has 160 valence electrons. The third-order valence-corrected chi connectivity index (χ3v) is 7.98. The fourth-order valence-corrected chi connectivity index (χ4v) is 5.98. The van der Waals surface area contributed by atoms with E-state index < -0.39 is 10.8 Å². The highest BCUT2D eigenvalue weighted by atomic mass is 35.5. The van der Waals surface area contributed by atoms with Gasteiger partial charge in [-0.05, 0) is 48.7 Å². The van der Waals surface area contributed by atoms with E-state index in [4.69, 9.17) is 16.6 Å². The summed E-state index contributed by atoms with van der Waals surface area (Å²) in [5.41, 5.74) is 4.27. The lowest BCUT2D eigenvalue weighted by Gasteiger charge is -2.26. The minimum absolute atomic E-state index is 0.134. The number of halogens is 1. The topological polar surface area (TPSA) is 53.5 Å². The van der Waals surface area contributed by atoms with Crippen molar-refractivity contribution in [1.82, 2.24) is 4.98 Å². The van der Waals surface area contributed by atoms with Crippen molar-refractivity contribution in [2.45, 2.75) is 24.8 Å². The van der Waals surface area contributed by atoms with Crippen molar-refractivity contribution in [2.75, 3.05) is 35.2 Å². The molecule has 1 fully saturated rings. The molecule has 5 nitrogen and oxygen atoms in total. The van der Waals surface area contributed by atoms with E-state index in [2.05, 4.69) is 41.0 Å². The fourth-order valence-electron chi connectivity index (χ4n) is 4.54. The first kappa shape index (κ1) is 20.5. The van der Waals surface area contributed by atoms with E-state index >= 15 is 0 Å². The smallest absolute Gasteiger partial charge is 0.226 e. The number of hydrogen-bond acceptors (Lipinski definition) is 5. The van der Waals surface area contributed by atoms with Crippen molar-refractivity contribution < 1.29 is 9.00 Å². The number of carbonyl (C=O) groups is 1. The van der Waals surface area contributed by atoms with Crippen LogP contribution in [0.3, 0.4) is 0 Å². The number of rotatable bonds is 3. The molecule has 0 radical (unpaired) electrons. The molecule has 0 saturated carbocycles. The number of aromatic nitrogens is 1. The van der Waals surface area contributed by atoms with Crippen LogP contribution in [0.25, 0.3) is 10.9 Å². The van der Waals surface area contributed by atoms with Gasteiger partial charge in [0.15, 0.2) is 0 Å². The van der Waals surface area contributed by atoms with Crippen LogP contribution >= 0.6 is 11.6 Å². The lowest BCUT2D eigenvalue weighted by atomic mass is 10.1. The minimum atomic E-state index is -1.01. The maximum atomic E-state index is 12.7. The molecule has 31 heavy (non-hydrogen) atoms. The standard InChI is InChI=1S/C24H24ClN3O2S/c1-16-6-7-20-19(12-16)21(27-9-8-18(15-27)24(25)29)13-23(26-20)28-10-11-31(30)22-5-3-2-4-17(22)14-28/h2-7,12-13,18H,8-11,14-15H2,1H3. The zero-order valence-electron chi connectivity index (χ0n) is 17.4. The van der Waals surface area contributed by atoms with Crippen LogP contribution < -0.4 is 9.80 Å². The monoisotopic (exact) mass is 453 g/mol. The molecule has 2 aliphatic heterocycles. The van der Waals surface area contributed by atoms with E-state index in [1.54, 1.807) is 0 Å². The van der Waals surface area contributed by atoms with Gasteiger partial charge >= 0.3 is 0 Å². The third-order valence-electron chi connectivity index (χ3n) is 6.23. The van der Waals surface area contributed by atoms with Crippen molar-refractivity contribution in [3.8, 4) is 0 Å². The Labute approximate surface area is 189 Å². The SMILES string of the molecule is Cc1ccc2nc(N3CCS(=O)c4ccccc4C3)cc(N3CCC(C(=O)Cl)C3)c2c1. The molecule has 1 saturated heterocycles. The largest absolute Gasteiger partial charge is 0.370 e. The first-order valence-electron chi connectivity index (χ1n) is 10.6. The number of hydrogen-bond donors (Lipinski definition) is 0. The maximum Gasteiger partial charge on any atom is 0.226 e. The molecule has 2 aliphatic rings. The molecule has 3 aromatic rings. The molecule has 3 heterocycles. The van der Waals surface area contributed by atoms with E-state index in [0.29, 0.717) is 25.4 Å². The van der Waals surface area contributed by atoms with Crippen LogP contribution in [0.15, 0.2) is 53.4 Å². The Balaban J connectivity index is 1.58. The van der Waals surface area contributed by atoms with Crippen LogP contribution in [-0.4, -0.2) is 39.8 Å². The number of aryl methyl sites for hydroxylation is 1. The van der Waals surface area contributed by atoms with Crippen LogP contribution in [0.5, 0.6) is 0 Å². The molecule has 2 aromatic carbocycles. The molecule has 0 aliphatic carbocycles. The minimum Gasteiger partial charge on any atom is -0.370 e. The normalized spacial score (nSPS) is 21.2. The summed E-state index contributed by atoms with van der Waals surface area (Å²) in [6.07, 6.45) is 0.767. The van der Waals surface area contributed by atoms with Gasteiger partial charge in [-0.25, -0.2) is 4.98 Å². The summed E-state index contributed by atoms with van der Waals surface area (Å²) in [6, 6.07) is 16.4. The molecule has 0 amide bonds. The molecule has 0 bridgehead atoms. The molecular formula is C24H24ClN3O2S. The summed E-state index contributed by atoms with van der Waals surface area (Å²) in [4.78, 5) is 22.1. The molecule has 0 spiro atoms. The summed E-state index contributed by atoms with van der Waals surface area (Å²) in [5, 5.41) is 0.828. The first-order chi connectivity index (χ1) is 15.0. The lowest BCUT2D eigenvalue weighted by molar-refractivity contribution is -0.114. The Morgan fingerprint density at radius 2 is 1.97 bits per heavy atom. The van der Waals surface area contributed by atoms with Gasteiger partial charge in [0.05, 0.1) is 22.2 Å². The predicted molar refractivity (Wildman–Crippen MR) is 126 cm³/mol. The molecular weight excluding hydrogens is 430 g/mol. The number of carbonyl (C=O) groups excluding carboxylic acids is 1. The molecule has 7 heteroatoms. The summed E-state index contributed by atoms with van der Waals surface area (Å²) >= 11 is 5.80. The summed E-state index contributed by atoms with van der Waals surface area (Å²) < 4.78 is 12.7. The second kappa shape index (κ2) is 8.24. The van der Waals surface area contributed by atoms with Gasteiger partial charge < -0.3 is 9.80 Å². The Hall–Kier alpha value is -2.44. The van der Waals surface area contributed by atoms with E-state index in [1.807, 2.05) is 24.3 Å². The Morgan fingerprint density at radius 1 is 1.13 bits per heavy atom. The van der Waals surface area contributed by atoms with E-state index in [9.17, 15) is 9.00 Å². The van der Waals surface area contributed by atoms with E-state index in [1.165, 1.54) is 5.56 Å². The lowest BCUT2D eigenvalue weighted by Crippen LogP contribution is -2.27. The number of fused-ring (bicyclic) bond motifs is 2. The van der Waals surface area contributed by atoms with Crippen molar-refractivity contribution in [2.24, 2.45) is 5.92 Å². The van der Waals surface area contributed by atoms with Gasteiger partial charge in [0, 0.05) is 54.0 Å². The Morgan fingerprint density at radius 3 is 2.77 bits per heavy atom. The van der Waals surface area contributed by atoms with Crippen molar-refractivity contribution in [1.29, 1.82) is 0 Å². The van der Waals surface area contributed by atoms with Crippen LogP contribution in [0.4, 0.5) is 11.5 Å². The summed E-state index contributed by atoms with van der Waals surface area (Å²) in [7, 11) is -1.01. The van der Waals surface area contributed by atoms with Crippen molar-refractivity contribution in [3.63, 3.8) is 0 Å². The molecule has 5 rings (SSSR count). The zero-order valence-corrected chi connectivity index (χ0v) is 19.0. The van der Waals surface area contributed by atoms with E-state index in [0.717, 1.165) is 45.8 Å². The van der Waals surface area contributed by atoms with Gasteiger partial charge in [0.1, 0.15) is 5.82 Å². The Kier molecular flexibility index (Phi) is 5.44. The van der Waals surface area contributed by atoms with Crippen molar-refractivity contribution in [3.05, 3.63) is 59.7 Å². The highest BCUT2D eigenvalue weighted by Crippen LogP contribution is 2.35. The second-order valence-electron chi connectivity index (χ2n) is 8.33. The molecule has 0 N–H and O–H groups in total. The van der Waals surface area contributed by atoms with Gasteiger partial charge in [0.2, 0.25) is 5.24 Å². The van der Waals surface area contributed by atoms with Gasteiger partial charge in [-0.1, -0.05) is 29.8 Å². The molecule has 2 atom stereocenters. The predicted octanol–water partition coefficient (Wildman–Crippen LogP) is 4.26. The average Bonchev–Trinajstić information content (AvgIpc) is 3.20. The van der Waals surface area contributed by atoms with Crippen LogP contribution in [0.2, 0.25) is 0 Å². The molecule has 2 unspecified atom stereocenters. The highest BCUT2D eigenvalue weighted by molar-refractivity contribution is 7.85. The van der Waals surface area contributed by atoms with E-state index in [-0.39, 0.29) is 11.2 Å². The van der Waals surface area contributed by atoms with Crippen LogP contribution in [-0.2, 0) is 22.1 Å². The van der Waals surface area contributed by atoms with Gasteiger partial charge in [-0.2, -0.15) is 0 Å². The number of pyridine rings is 1. The van der Waals surface area contributed by atoms with Gasteiger partial charge in [-0.15, -0.1) is 0 Å². The fraction of sp³-hybridized carbons (Fsp3) is 0.333. The van der Waals surface area contributed by atoms with Crippen LogP contribution in [0.1, 0.15) is 17.5 Å². The van der Waals surface area contributed by atoms with Crippen LogP contribution in [0, 0.1) is 12.8 Å². The third kappa shape index (κ3) is 3.94. The number of anilines is 2. The number of benzene rings is 2.